The van der Waals surface area contributed by atoms with Crippen molar-refractivity contribution in [3.05, 3.63) is 28.8 Å². The lowest BCUT2D eigenvalue weighted by atomic mass is 9.90. The molecule has 1 aliphatic carbocycles. The van der Waals surface area contributed by atoms with Crippen molar-refractivity contribution >= 4 is 38.6 Å². The number of hydrogen-bond acceptors (Lipinski definition) is 4. The van der Waals surface area contributed by atoms with Gasteiger partial charge in [0, 0.05) is 12.1 Å². The van der Waals surface area contributed by atoms with Gasteiger partial charge in [0.25, 0.3) is 0 Å². The van der Waals surface area contributed by atoms with Crippen LogP contribution in [0.5, 0.6) is 0 Å². The molecule has 2 aliphatic rings. The first-order chi connectivity index (χ1) is 14.2. The van der Waals surface area contributed by atoms with Gasteiger partial charge in [-0.15, -0.1) is 0 Å². The van der Waals surface area contributed by atoms with Gasteiger partial charge >= 0.3 is 5.17 Å². The molecule has 0 amide bonds. The number of amidine groups is 1. The molecule has 0 aromatic heterocycles. The van der Waals surface area contributed by atoms with E-state index in [1.165, 1.54) is 12.5 Å². The highest BCUT2D eigenvalue weighted by atomic mass is 79.9. The lowest BCUT2D eigenvalue weighted by Crippen LogP contribution is -3.00. The van der Waals surface area contributed by atoms with E-state index < -0.39 is 15.7 Å². The number of sulfonamides is 1. The third-order valence-corrected chi connectivity index (χ3v) is 9.49. The first kappa shape index (κ1) is 26.9. The van der Waals surface area contributed by atoms with E-state index in [9.17, 15) is 13.5 Å². The molecule has 2 N–H and O–H groups in total. The van der Waals surface area contributed by atoms with Crippen molar-refractivity contribution in [1.29, 1.82) is 0 Å². The Morgan fingerprint density at radius 2 is 1.90 bits per heavy atom. The van der Waals surface area contributed by atoms with Gasteiger partial charge in [-0.2, -0.15) is 0 Å². The first-order valence-corrected chi connectivity index (χ1v) is 13.6. The fraction of sp³-hybridized carbons (Fsp3) is 0.667. The van der Waals surface area contributed by atoms with E-state index in [1.54, 1.807) is 23.9 Å². The van der Waals surface area contributed by atoms with Crippen molar-refractivity contribution in [2.75, 3.05) is 32.4 Å². The lowest BCUT2D eigenvalue weighted by Gasteiger charge is -2.27. The predicted octanol–water partition coefficient (Wildman–Crippen LogP) is 0.435. The number of benzene rings is 1. The number of aliphatic hydroxyl groups is 1. The number of rotatable bonds is 7. The van der Waals surface area contributed by atoms with Crippen molar-refractivity contribution in [3.63, 3.8) is 0 Å². The van der Waals surface area contributed by atoms with E-state index in [0.717, 1.165) is 43.9 Å². The average molecular weight is 555 g/mol. The van der Waals surface area contributed by atoms with Crippen LogP contribution in [0.25, 0.3) is 0 Å². The molecule has 31 heavy (non-hydrogen) atoms. The third kappa shape index (κ3) is 5.79. The maximum atomic E-state index is 13.0. The molecule has 1 aromatic rings. The summed E-state index contributed by atoms with van der Waals surface area (Å²) in [5, 5.41) is 12.6. The van der Waals surface area contributed by atoms with Gasteiger partial charge < -0.3 is 22.1 Å². The summed E-state index contributed by atoms with van der Waals surface area (Å²) in [5.41, 5.74) is -0.761. The van der Waals surface area contributed by atoms with Crippen molar-refractivity contribution in [1.82, 2.24) is 9.62 Å². The molecule has 2 fully saturated rings. The molecule has 0 bridgehead atoms. The summed E-state index contributed by atoms with van der Waals surface area (Å²) in [6, 6.07) is 4.80. The Bertz CT molecular complexity index is 901. The van der Waals surface area contributed by atoms with Gasteiger partial charge in [-0.25, -0.2) is 18.0 Å². The van der Waals surface area contributed by atoms with Crippen LogP contribution in [0.3, 0.4) is 0 Å². The van der Waals surface area contributed by atoms with Crippen molar-refractivity contribution in [3.8, 4) is 0 Å². The zero-order valence-corrected chi connectivity index (χ0v) is 22.4. The molecule has 10 heteroatoms. The summed E-state index contributed by atoms with van der Waals surface area (Å²) in [7, 11) is -1.92. The largest absolute Gasteiger partial charge is 1.00 e. The van der Waals surface area contributed by atoms with Gasteiger partial charge in [-0.3, -0.25) is 4.58 Å². The molecule has 176 valence electrons. The second kappa shape index (κ2) is 11.2. The number of thioether (sulfide) groups is 1. The van der Waals surface area contributed by atoms with E-state index in [1.807, 2.05) is 11.9 Å². The number of hydrogen-bond donors (Lipinski definition) is 2. The minimum Gasteiger partial charge on any atom is -1.00 e. The highest BCUT2D eigenvalue weighted by Gasteiger charge is 2.50. The summed E-state index contributed by atoms with van der Waals surface area (Å²) in [5.74, 6) is 0.801. The second-order valence-electron chi connectivity index (χ2n) is 8.12. The van der Waals surface area contributed by atoms with Crippen LogP contribution in [0, 0.1) is 5.92 Å². The van der Waals surface area contributed by atoms with Crippen molar-refractivity contribution in [2.24, 2.45) is 5.92 Å². The smallest absolute Gasteiger partial charge is 0.311 e. The summed E-state index contributed by atoms with van der Waals surface area (Å²) >= 11 is 7.86. The molecule has 3 rings (SSSR count). The van der Waals surface area contributed by atoms with Crippen LogP contribution in [-0.2, 0) is 15.7 Å². The zero-order valence-electron chi connectivity index (χ0n) is 18.4. The van der Waals surface area contributed by atoms with E-state index in [4.69, 9.17) is 11.6 Å². The first-order valence-electron chi connectivity index (χ1n) is 10.7. The van der Waals surface area contributed by atoms with Crippen LogP contribution >= 0.6 is 23.4 Å². The molecule has 1 aliphatic heterocycles. The quantitative estimate of drug-likeness (QED) is 0.479. The summed E-state index contributed by atoms with van der Waals surface area (Å²) in [6.45, 7) is 6.26. The zero-order chi connectivity index (χ0) is 21.9. The van der Waals surface area contributed by atoms with Gasteiger partial charge in [-0.1, -0.05) is 36.9 Å². The Labute approximate surface area is 206 Å². The predicted molar refractivity (Wildman–Crippen MR) is 124 cm³/mol. The number of nitrogens with zero attached hydrogens (tertiary/aromatic N) is 2. The van der Waals surface area contributed by atoms with E-state index in [0.29, 0.717) is 23.8 Å². The van der Waals surface area contributed by atoms with Crippen LogP contribution < -0.4 is 21.7 Å². The topological polar surface area (TPSA) is 72.6 Å². The Kier molecular flexibility index (Phi) is 9.73. The second-order valence-corrected chi connectivity index (χ2v) is 11.2. The molecule has 0 radical (unpaired) electrons. The maximum Gasteiger partial charge on any atom is 0.311 e. The van der Waals surface area contributed by atoms with E-state index in [-0.39, 0.29) is 26.9 Å². The molecular formula is C21H33BrClN3O3S2. The number of halogens is 2. The van der Waals surface area contributed by atoms with Crippen LogP contribution in [-0.4, -0.2) is 60.6 Å². The SMILES string of the molecule is CC[N+](CC)=C1SCC(O)(c2ccc(Cl)c(S(=O)(=O)NCC3CCCCC3)c2)N1C.[Br-]. The molecule has 0 spiro atoms. The van der Waals surface area contributed by atoms with Crippen molar-refractivity contribution < 1.29 is 35.1 Å². The van der Waals surface area contributed by atoms with Gasteiger partial charge in [0.2, 0.25) is 15.7 Å². The summed E-state index contributed by atoms with van der Waals surface area (Å²) in [6.07, 6.45) is 5.66. The molecular weight excluding hydrogens is 522 g/mol. The molecule has 1 heterocycles. The minimum atomic E-state index is -3.76. The monoisotopic (exact) mass is 553 g/mol. The summed E-state index contributed by atoms with van der Waals surface area (Å²) < 4.78 is 30.9. The average Bonchev–Trinajstić information content (AvgIpc) is 3.04. The number of nitrogens with one attached hydrogen (secondary N) is 1. The Morgan fingerprint density at radius 1 is 1.26 bits per heavy atom. The highest BCUT2D eigenvalue weighted by Crippen LogP contribution is 2.39. The lowest BCUT2D eigenvalue weighted by molar-refractivity contribution is -0.523. The molecule has 6 nitrogen and oxygen atoms in total. The van der Waals surface area contributed by atoms with Gasteiger partial charge in [0.1, 0.15) is 4.90 Å². The minimum absolute atomic E-state index is 0. The van der Waals surface area contributed by atoms with Crippen LogP contribution in [0.2, 0.25) is 5.02 Å². The van der Waals surface area contributed by atoms with Gasteiger partial charge in [-0.05, 0) is 56.5 Å². The fourth-order valence-corrected chi connectivity index (χ4v) is 7.36. The van der Waals surface area contributed by atoms with Crippen molar-refractivity contribution in [2.45, 2.75) is 56.6 Å². The normalized spacial score (nSPS) is 22.5. The highest BCUT2D eigenvalue weighted by molar-refractivity contribution is 8.13. The molecule has 1 atom stereocenters. The Balaban J connectivity index is 0.00000341. The standard InChI is InChI=1S/C21H33ClN3O3S2.BrH/c1-4-25(5-2)20-24(3)21(26,15-29-20)17-11-12-18(22)19(13-17)30(27,28)23-14-16-9-7-6-8-10-16;/h11-13,16,23,26H,4-10,14-15H2,1-3H3;1H/q+1;/p-1. The third-order valence-electron chi connectivity index (χ3n) is 6.25. The maximum absolute atomic E-state index is 13.0. The molecule has 1 aromatic carbocycles. The molecule has 1 saturated carbocycles. The van der Waals surface area contributed by atoms with E-state index in [2.05, 4.69) is 23.1 Å². The molecule has 1 saturated heterocycles. The van der Waals surface area contributed by atoms with Gasteiger partial charge in [0.15, 0.2) is 0 Å². The Hall–Kier alpha value is -0.320. The fourth-order valence-electron chi connectivity index (χ4n) is 4.25. The Morgan fingerprint density at radius 3 is 2.52 bits per heavy atom. The van der Waals surface area contributed by atoms with Crippen LogP contribution in [0.15, 0.2) is 23.1 Å². The van der Waals surface area contributed by atoms with Crippen LogP contribution in [0.1, 0.15) is 51.5 Å². The van der Waals surface area contributed by atoms with Crippen LogP contribution in [0.4, 0.5) is 0 Å². The van der Waals surface area contributed by atoms with Gasteiger partial charge in [0.05, 0.1) is 30.9 Å². The molecule has 1 unspecified atom stereocenters. The van der Waals surface area contributed by atoms with E-state index >= 15 is 0 Å². The summed E-state index contributed by atoms with van der Waals surface area (Å²) in [4.78, 5) is 1.86.